The van der Waals surface area contributed by atoms with Gasteiger partial charge in [0.05, 0.1) is 0 Å². The monoisotopic (exact) mass is 356 g/mol. The second-order valence-electron chi connectivity index (χ2n) is 7.51. The summed E-state index contributed by atoms with van der Waals surface area (Å²) in [4.78, 5) is 0. The SMILES string of the molecule is CCC(C)(C)C1(F)C(F)(F)OC(F)(C(F)(F)C(C)(C)C)C1(F)F. The first-order valence-electron chi connectivity index (χ1n) is 6.98. The summed E-state index contributed by atoms with van der Waals surface area (Å²) in [5.74, 6) is -16.4. The second kappa shape index (κ2) is 4.73. The largest absolute Gasteiger partial charge is 0.399 e. The standard InChI is InChI=1S/C14H20F8O/c1-7-9(5,6)10(15)12(18,19)13(20,23-14(10,21)22)11(16,17)8(2,3)4/h7H2,1-6H3. The van der Waals surface area contributed by atoms with E-state index < -0.39 is 46.7 Å². The van der Waals surface area contributed by atoms with Gasteiger partial charge in [-0.15, -0.1) is 0 Å². The highest BCUT2D eigenvalue weighted by Crippen LogP contribution is 2.70. The molecule has 0 saturated carbocycles. The fourth-order valence-corrected chi connectivity index (χ4v) is 2.52. The quantitative estimate of drug-likeness (QED) is 0.586. The molecule has 0 spiro atoms. The van der Waals surface area contributed by atoms with Crippen LogP contribution in [-0.4, -0.2) is 29.5 Å². The van der Waals surface area contributed by atoms with Gasteiger partial charge in [0.15, 0.2) is 0 Å². The average Bonchev–Trinajstić information content (AvgIpc) is 2.45. The van der Waals surface area contributed by atoms with Gasteiger partial charge >= 0.3 is 23.8 Å². The van der Waals surface area contributed by atoms with E-state index in [9.17, 15) is 35.1 Å². The second-order valence-corrected chi connectivity index (χ2v) is 7.51. The lowest BCUT2D eigenvalue weighted by Gasteiger charge is -2.44. The topological polar surface area (TPSA) is 9.23 Å². The third-order valence-corrected chi connectivity index (χ3v) is 4.67. The van der Waals surface area contributed by atoms with Crippen molar-refractivity contribution in [1.29, 1.82) is 0 Å². The van der Waals surface area contributed by atoms with E-state index in [1.54, 1.807) is 0 Å². The van der Waals surface area contributed by atoms with E-state index in [0.717, 1.165) is 6.92 Å². The highest BCUT2D eigenvalue weighted by atomic mass is 19.3. The summed E-state index contributed by atoms with van der Waals surface area (Å²) in [6.45, 7) is 4.45. The van der Waals surface area contributed by atoms with E-state index in [2.05, 4.69) is 4.74 Å². The lowest BCUT2D eigenvalue weighted by Crippen LogP contribution is -2.68. The Balaban J connectivity index is 3.74. The molecule has 0 N–H and O–H groups in total. The van der Waals surface area contributed by atoms with Crippen LogP contribution in [0.1, 0.15) is 48.0 Å². The molecule has 138 valence electrons. The van der Waals surface area contributed by atoms with Gasteiger partial charge in [0.25, 0.3) is 5.67 Å². The van der Waals surface area contributed by atoms with Crippen LogP contribution in [0.3, 0.4) is 0 Å². The molecule has 1 fully saturated rings. The van der Waals surface area contributed by atoms with Gasteiger partial charge in [-0.1, -0.05) is 41.5 Å². The minimum absolute atomic E-state index is 0.588. The lowest BCUT2D eigenvalue weighted by molar-refractivity contribution is -0.392. The first-order valence-corrected chi connectivity index (χ1v) is 6.98. The van der Waals surface area contributed by atoms with Crippen molar-refractivity contribution < 1.29 is 39.9 Å². The third kappa shape index (κ3) is 2.07. The van der Waals surface area contributed by atoms with Crippen molar-refractivity contribution in [2.75, 3.05) is 0 Å². The predicted octanol–water partition coefficient (Wildman–Crippen LogP) is 5.74. The Labute approximate surface area is 129 Å². The number of alkyl halides is 8. The van der Waals surface area contributed by atoms with Crippen LogP contribution in [0.25, 0.3) is 0 Å². The molecular formula is C14H20F8O. The van der Waals surface area contributed by atoms with Gasteiger partial charge in [0.2, 0.25) is 0 Å². The molecule has 0 bridgehead atoms. The zero-order valence-corrected chi connectivity index (χ0v) is 13.6. The van der Waals surface area contributed by atoms with E-state index in [4.69, 9.17) is 0 Å². The molecular weight excluding hydrogens is 336 g/mol. The van der Waals surface area contributed by atoms with Crippen LogP contribution in [0.5, 0.6) is 0 Å². The van der Waals surface area contributed by atoms with Crippen LogP contribution in [-0.2, 0) is 4.74 Å². The maximum Gasteiger partial charge on any atom is 0.399 e. The Bertz CT molecular complexity index is 482. The van der Waals surface area contributed by atoms with Gasteiger partial charge in [-0.05, 0) is 6.42 Å². The van der Waals surface area contributed by atoms with Gasteiger partial charge in [0.1, 0.15) is 0 Å². The molecule has 1 aliphatic rings. The number of hydrogen-bond acceptors (Lipinski definition) is 1. The molecule has 2 atom stereocenters. The van der Waals surface area contributed by atoms with E-state index in [1.807, 2.05) is 0 Å². The van der Waals surface area contributed by atoms with Crippen LogP contribution in [0.4, 0.5) is 35.1 Å². The number of ether oxygens (including phenoxy) is 1. The van der Waals surface area contributed by atoms with E-state index in [0.29, 0.717) is 34.6 Å². The van der Waals surface area contributed by atoms with Crippen LogP contribution in [0.2, 0.25) is 0 Å². The van der Waals surface area contributed by atoms with Crippen molar-refractivity contribution >= 4 is 0 Å². The zero-order chi connectivity index (χ0) is 18.9. The molecule has 9 heteroatoms. The molecule has 0 aromatic carbocycles. The van der Waals surface area contributed by atoms with Crippen LogP contribution in [0, 0.1) is 10.8 Å². The van der Waals surface area contributed by atoms with Crippen molar-refractivity contribution in [3.05, 3.63) is 0 Å². The Kier molecular flexibility index (Phi) is 4.20. The molecule has 1 aliphatic heterocycles. The molecule has 1 saturated heterocycles. The molecule has 2 unspecified atom stereocenters. The highest BCUT2D eigenvalue weighted by molar-refractivity contribution is 5.22. The van der Waals surface area contributed by atoms with Gasteiger partial charge in [-0.3, -0.25) is 4.74 Å². The maximum atomic E-state index is 14.9. The lowest BCUT2D eigenvalue weighted by atomic mass is 9.67. The van der Waals surface area contributed by atoms with Crippen LogP contribution >= 0.6 is 0 Å². The fourth-order valence-electron chi connectivity index (χ4n) is 2.52. The Morgan fingerprint density at radius 3 is 1.52 bits per heavy atom. The minimum Gasteiger partial charge on any atom is -0.269 e. The molecule has 1 rings (SSSR count). The number of halogens is 8. The fraction of sp³-hybridized carbons (Fsp3) is 1.00. The van der Waals surface area contributed by atoms with Crippen LogP contribution < -0.4 is 0 Å². The minimum atomic E-state index is -5.79. The zero-order valence-electron chi connectivity index (χ0n) is 13.6. The molecule has 0 aliphatic carbocycles. The van der Waals surface area contributed by atoms with Crippen molar-refractivity contribution in [3.63, 3.8) is 0 Å². The van der Waals surface area contributed by atoms with Gasteiger partial charge < -0.3 is 0 Å². The number of hydrogen-bond donors (Lipinski definition) is 0. The first kappa shape index (κ1) is 20.4. The van der Waals surface area contributed by atoms with Gasteiger partial charge in [-0.2, -0.15) is 30.7 Å². The summed E-state index contributed by atoms with van der Waals surface area (Å²) >= 11 is 0. The molecule has 1 nitrogen and oxygen atoms in total. The average molecular weight is 356 g/mol. The molecule has 1 heterocycles. The smallest absolute Gasteiger partial charge is 0.269 e. The Morgan fingerprint density at radius 1 is 0.826 bits per heavy atom. The normalized spacial score (nSPS) is 34.7. The van der Waals surface area contributed by atoms with Crippen molar-refractivity contribution in [2.45, 2.75) is 77.4 Å². The number of rotatable bonds is 3. The first-order chi connectivity index (χ1) is 9.77. The van der Waals surface area contributed by atoms with Crippen LogP contribution in [0.15, 0.2) is 0 Å². The molecule has 0 aromatic heterocycles. The van der Waals surface area contributed by atoms with Gasteiger partial charge in [-0.25, -0.2) is 4.39 Å². The third-order valence-electron chi connectivity index (χ3n) is 4.67. The molecule has 0 aromatic rings. The maximum absolute atomic E-state index is 14.9. The Morgan fingerprint density at radius 2 is 1.22 bits per heavy atom. The molecule has 23 heavy (non-hydrogen) atoms. The van der Waals surface area contributed by atoms with Crippen molar-refractivity contribution in [2.24, 2.45) is 10.8 Å². The summed E-state index contributed by atoms with van der Waals surface area (Å²) in [5, 5.41) is 0. The summed E-state index contributed by atoms with van der Waals surface area (Å²) in [6, 6.07) is 0. The van der Waals surface area contributed by atoms with Crippen molar-refractivity contribution in [1.82, 2.24) is 0 Å². The highest BCUT2D eigenvalue weighted by Gasteiger charge is 2.96. The summed E-state index contributed by atoms with van der Waals surface area (Å²) in [5.41, 5.74) is -10.0. The van der Waals surface area contributed by atoms with Crippen molar-refractivity contribution in [3.8, 4) is 0 Å². The Hall–Kier alpha value is -0.600. The molecule has 0 radical (unpaired) electrons. The summed E-state index contributed by atoms with van der Waals surface area (Å²) < 4.78 is 118. The van der Waals surface area contributed by atoms with E-state index >= 15 is 0 Å². The summed E-state index contributed by atoms with van der Waals surface area (Å²) in [7, 11) is 0. The molecule has 0 amide bonds. The van der Waals surface area contributed by atoms with E-state index in [1.165, 1.54) is 0 Å². The summed E-state index contributed by atoms with van der Waals surface area (Å²) in [6.07, 6.45) is -6.03. The van der Waals surface area contributed by atoms with E-state index in [-0.39, 0.29) is 0 Å². The predicted molar refractivity (Wildman–Crippen MR) is 67.1 cm³/mol. The van der Waals surface area contributed by atoms with Gasteiger partial charge in [0, 0.05) is 10.8 Å².